The van der Waals surface area contributed by atoms with Crippen LogP contribution in [0, 0.1) is 0 Å². The Kier molecular flexibility index (Phi) is 6.44. The Morgan fingerprint density at radius 1 is 1.29 bits per heavy atom. The molecule has 1 aromatic heterocycles. The summed E-state index contributed by atoms with van der Waals surface area (Å²) in [4.78, 5) is 18.1. The molecule has 0 bridgehead atoms. The average Bonchev–Trinajstić information content (AvgIpc) is 2.55. The predicted molar refractivity (Wildman–Crippen MR) is 92.2 cm³/mol. The van der Waals surface area contributed by atoms with E-state index in [9.17, 15) is 4.79 Å². The van der Waals surface area contributed by atoms with Crippen LogP contribution in [0.3, 0.4) is 0 Å². The third-order valence-corrected chi connectivity index (χ3v) is 4.02. The van der Waals surface area contributed by atoms with E-state index < -0.39 is 12.0 Å². The first-order chi connectivity index (χ1) is 11.5. The molecule has 0 fully saturated rings. The van der Waals surface area contributed by atoms with E-state index in [0.29, 0.717) is 15.7 Å². The number of carboxylic acids is 1. The number of carboxylic acid groups (broad SMARTS) is 1. The van der Waals surface area contributed by atoms with Crippen molar-refractivity contribution in [2.45, 2.75) is 24.8 Å². The van der Waals surface area contributed by atoms with Crippen LogP contribution in [0.5, 0.6) is 0 Å². The van der Waals surface area contributed by atoms with Gasteiger partial charge in [0.25, 0.3) is 0 Å². The minimum absolute atomic E-state index is 0.0672. The number of aromatic nitrogens is 1. The molecule has 0 saturated carbocycles. The molecule has 1 heterocycles. The standard InChI is InChI=1S/C16H14Cl2N4O2/c17-11-3-1-2-10(8-11)13(5-7-15(23)24)16(21-22-19)14-6-4-12(18)9-20-14/h1-4,6,8-9,13,16H,5,7H2,(H,23,24)/t13-,16+/m1/s1. The average molecular weight is 365 g/mol. The zero-order valence-electron chi connectivity index (χ0n) is 12.5. The summed E-state index contributed by atoms with van der Waals surface area (Å²) in [5, 5.41) is 13.9. The lowest BCUT2D eigenvalue weighted by Gasteiger charge is -2.23. The summed E-state index contributed by atoms with van der Waals surface area (Å²) in [6, 6.07) is 9.72. The highest BCUT2D eigenvalue weighted by Crippen LogP contribution is 2.38. The summed E-state index contributed by atoms with van der Waals surface area (Å²) in [5.41, 5.74) is 10.3. The van der Waals surface area contributed by atoms with Crippen molar-refractivity contribution < 1.29 is 9.90 Å². The fourth-order valence-electron chi connectivity index (χ4n) is 2.49. The van der Waals surface area contributed by atoms with Gasteiger partial charge in [-0.3, -0.25) is 9.78 Å². The van der Waals surface area contributed by atoms with Gasteiger partial charge in [-0.1, -0.05) is 40.4 Å². The van der Waals surface area contributed by atoms with Crippen LogP contribution >= 0.6 is 23.2 Å². The number of nitrogens with zero attached hydrogens (tertiary/aromatic N) is 4. The third-order valence-electron chi connectivity index (χ3n) is 3.56. The van der Waals surface area contributed by atoms with Crippen molar-refractivity contribution in [1.29, 1.82) is 0 Å². The van der Waals surface area contributed by atoms with Gasteiger partial charge in [-0.25, -0.2) is 0 Å². The second kappa shape index (κ2) is 8.55. The predicted octanol–water partition coefficient (Wildman–Crippen LogP) is 5.39. The fraction of sp³-hybridized carbons (Fsp3) is 0.250. The van der Waals surface area contributed by atoms with Crippen LogP contribution in [0.4, 0.5) is 0 Å². The lowest BCUT2D eigenvalue weighted by molar-refractivity contribution is -0.137. The van der Waals surface area contributed by atoms with E-state index in [2.05, 4.69) is 15.0 Å². The molecule has 0 amide bonds. The highest BCUT2D eigenvalue weighted by molar-refractivity contribution is 6.30. The Morgan fingerprint density at radius 2 is 2.08 bits per heavy atom. The number of carbonyl (C=O) groups is 1. The van der Waals surface area contributed by atoms with Gasteiger partial charge < -0.3 is 5.11 Å². The number of hydrogen-bond acceptors (Lipinski definition) is 3. The van der Waals surface area contributed by atoms with Gasteiger partial charge in [0.05, 0.1) is 11.1 Å². The quantitative estimate of drug-likeness (QED) is 0.404. The zero-order valence-corrected chi connectivity index (χ0v) is 14.0. The molecule has 1 aromatic carbocycles. The molecular formula is C16H14Cl2N4O2. The molecule has 0 radical (unpaired) electrons. The van der Waals surface area contributed by atoms with Crippen LogP contribution in [0.1, 0.15) is 36.1 Å². The largest absolute Gasteiger partial charge is 0.481 e. The molecule has 0 aliphatic heterocycles. The summed E-state index contributed by atoms with van der Waals surface area (Å²) < 4.78 is 0. The van der Waals surface area contributed by atoms with Crippen molar-refractivity contribution in [2.24, 2.45) is 5.11 Å². The maximum absolute atomic E-state index is 11.0. The number of hydrogen-bond donors (Lipinski definition) is 1. The Bertz CT molecular complexity index is 761. The molecule has 124 valence electrons. The van der Waals surface area contributed by atoms with Crippen LogP contribution in [-0.4, -0.2) is 16.1 Å². The lowest BCUT2D eigenvalue weighted by Crippen LogP contribution is -2.13. The summed E-state index contributed by atoms with van der Waals surface area (Å²) in [6.07, 6.45) is 1.68. The number of aliphatic carboxylic acids is 1. The minimum Gasteiger partial charge on any atom is -0.481 e. The van der Waals surface area contributed by atoms with Crippen LogP contribution in [-0.2, 0) is 4.79 Å². The highest BCUT2D eigenvalue weighted by atomic mass is 35.5. The molecule has 2 rings (SSSR count). The molecule has 0 unspecified atom stereocenters. The number of azide groups is 1. The van der Waals surface area contributed by atoms with Crippen molar-refractivity contribution in [1.82, 2.24) is 4.98 Å². The van der Waals surface area contributed by atoms with Crippen LogP contribution < -0.4 is 0 Å². The normalized spacial score (nSPS) is 12.9. The molecule has 6 nitrogen and oxygen atoms in total. The molecule has 0 saturated heterocycles. The SMILES string of the molecule is [N-]=[N+]=N[C@H](c1ccc(Cl)cn1)[C@H](CCC(=O)O)c1cccc(Cl)c1. The van der Waals surface area contributed by atoms with Gasteiger partial charge in [0.15, 0.2) is 0 Å². The van der Waals surface area contributed by atoms with Gasteiger partial charge in [0.2, 0.25) is 0 Å². The number of benzene rings is 1. The first kappa shape index (κ1) is 18.1. The maximum Gasteiger partial charge on any atom is 0.303 e. The van der Waals surface area contributed by atoms with E-state index in [1.165, 1.54) is 6.20 Å². The second-order valence-electron chi connectivity index (χ2n) is 5.14. The summed E-state index contributed by atoms with van der Waals surface area (Å²) >= 11 is 11.9. The molecule has 0 spiro atoms. The third kappa shape index (κ3) is 4.86. The first-order valence-electron chi connectivity index (χ1n) is 7.14. The summed E-state index contributed by atoms with van der Waals surface area (Å²) in [5.74, 6) is -1.30. The van der Waals surface area contributed by atoms with E-state index >= 15 is 0 Å². The molecule has 2 aromatic rings. The monoisotopic (exact) mass is 364 g/mol. The van der Waals surface area contributed by atoms with Gasteiger partial charge in [-0.15, -0.1) is 0 Å². The van der Waals surface area contributed by atoms with Crippen molar-refractivity contribution in [2.75, 3.05) is 0 Å². The number of rotatable bonds is 7. The molecule has 0 aliphatic carbocycles. The molecule has 1 N–H and O–H groups in total. The van der Waals surface area contributed by atoms with Crippen molar-refractivity contribution in [3.05, 3.63) is 74.3 Å². The smallest absolute Gasteiger partial charge is 0.303 e. The van der Waals surface area contributed by atoms with Crippen LogP contribution in [0.25, 0.3) is 10.4 Å². The van der Waals surface area contributed by atoms with E-state index in [1.807, 2.05) is 6.07 Å². The maximum atomic E-state index is 11.0. The van der Waals surface area contributed by atoms with Crippen LogP contribution in [0.2, 0.25) is 10.0 Å². The first-order valence-corrected chi connectivity index (χ1v) is 7.89. The lowest BCUT2D eigenvalue weighted by atomic mass is 9.86. The van der Waals surface area contributed by atoms with Gasteiger partial charge in [-0.05, 0) is 47.7 Å². The van der Waals surface area contributed by atoms with Crippen molar-refractivity contribution >= 4 is 29.2 Å². The second-order valence-corrected chi connectivity index (χ2v) is 6.02. The van der Waals surface area contributed by atoms with E-state index in [4.69, 9.17) is 33.8 Å². The minimum atomic E-state index is -0.925. The van der Waals surface area contributed by atoms with Gasteiger partial charge in [0.1, 0.15) is 0 Å². The molecule has 0 aliphatic rings. The number of halogens is 2. The number of pyridine rings is 1. The summed E-state index contributed by atoms with van der Waals surface area (Å²) in [7, 11) is 0. The van der Waals surface area contributed by atoms with Gasteiger partial charge in [-0.2, -0.15) is 0 Å². The highest BCUT2D eigenvalue weighted by Gasteiger charge is 2.26. The van der Waals surface area contributed by atoms with E-state index in [0.717, 1.165) is 5.56 Å². The van der Waals surface area contributed by atoms with E-state index in [-0.39, 0.29) is 18.8 Å². The van der Waals surface area contributed by atoms with Crippen molar-refractivity contribution in [3.8, 4) is 0 Å². The Labute approximate surface area is 148 Å². The Balaban J connectivity index is 2.45. The molecule has 2 atom stereocenters. The summed E-state index contributed by atoms with van der Waals surface area (Å²) in [6.45, 7) is 0. The fourth-order valence-corrected chi connectivity index (χ4v) is 2.80. The van der Waals surface area contributed by atoms with Crippen LogP contribution in [0.15, 0.2) is 47.7 Å². The van der Waals surface area contributed by atoms with E-state index in [1.54, 1.807) is 30.3 Å². The Morgan fingerprint density at radius 3 is 2.67 bits per heavy atom. The zero-order chi connectivity index (χ0) is 17.5. The molecule has 8 heteroatoms. The van der Waals surface area contributed by atoms with Gasteiger partial charge >= 0.3 is 5.97 Å². The Hall–Kier alpha value is -2.27. The topological polar surface area (TPSA) is 99.0 Å². The molecule has 24 heavy (non-hydrogen) atoms. The molecular weight excluding hydrogens is 351 g/mol. The van der Waals surface area contributed by atoms with Crippen molar-refractivity contribution in [3.63, 3.8) is 0 Å². The van der Waals surface area contributed by atoms with Gasteiger partial charge in [0, 0.05) is 28.2 Å².